The Labute approximate surface area is 136 Å². The van der Waals surface area contributed by atoms with E-state index in [0.717, 1.165) is 45.8 Å². The van der Waals surface area contributed by atoms with Gasteiger partial charge >= 0.3 is 0 Å². The lowest BCUT2D eigenvalue weighted by atomic mass is 10.4. The molecule has 1 aromatic rings. The zero-order valence-electron chi connectivity index (χ0n) is 13.6. The van der Waals surface area contributed by atoms with Crippen molar-refractivity contribution in [3.8, 4) is 0 Å². The van der Waals surface area contributed by atoms with Crippen LogP contribution in [0.3, 0.4) is 0 Å². The average Bonchev–Trinajstić information content (AvgIpc) is 2.60. The van der Waals surface area contributed by atoms with Gasteiger partial charge in [-0.25, -0.2) is 9.97 Å². The molecule has 1 aliphatic rings. The van der Waals surface area contributed by atoms with Crippen LogP contribution < -0.4 is 10.6 Å². The van der Waals surface area contributed by atoms with Gasteiger partial charge in [0.05, 0.1) is 25.6 Å². The van der Waals surface area contributed by atoms with Crippen molar-refractivity contribution >= 4 is 11.7 Å². The minimum Gasteiger partial charge on any atom is -0.385 e. The van der Waals surface area contributed by atoms with Gasteiger partial charge in [0, 0.05) is 46.4 Å². The SMILES string of the molecule is COCCCNC(=O)c1cnc(NCCN2CCOCC2)cn1. The molecule has 128 valence electrons. The maximum atomic E-state index is 11.8. The van der Waals surface area contributed by atoms with Gasteiger partial charge in [0.25, 0.3) is 5.91 Å². The van der Waals surface area contributed by atoms with Gasteiger partial charge < -0.3 is 20.1 Å². The Morgan fingerprint density at radius 3 is 2.83 bits per heavy atom. The summed E-state index contributed by atoms with van der Waals surface area (Å²) < 4.78 is 10.2. The number of anilines is 1. The van der Waals surface area contributed by atoms with Crippen molar-refractivity contribution in [3.05, 3.63) is 18.1 Å². The van der Waals surface area contributed by atoms with Gasteiger partial charge in [-0.2, -0.15) is 0 Å². The monoisotopic (exact) mass is 323 g/mol. The van der Waals surface area contributed by atoms with Crippen LogP contribution in [0.1, 0.15) is 16.9 Å². The van der Waals surface area contributed by atoms with Gasteiger partial charge in [-0.1, -0.05) is 0 Å². The number of aromatic nitrogens is 2. The molecular weight excluding hydrogens is 298 g/mol. The fourth-order valence-electron chi connectivity index (χ4n) is 2.21. The zero-order chi connectivity index (χ0) is 16.3. The normalized spacial score (nSPS) is 15.3. The Kier molecular flexibility index (Phi) is 7.71. The van der Waals surface area contributed by atoms with Gasteiger partial charge in [-0.15, -0.1) is 0 Å². The second-order valence-corrected chi connectivity index (χ2v) is 5.27. The summed E-state index contributed by atoms with van der Waals surface area (Å²) in [5.74, 6) is 0.461. The molecule has 1 aliphatic heterocycles. The number of amides is 1. The lowest BCUT2D eigenvalue weighted by Crippen LogP contribution is -2.39. The molecule has 0 unspecified atom stereocenters. The van der Waals surface area contributed by atoms with Crippen LogP contribution in [0.4, 0.5) is 5.82 Å². The van der Waals surface area contributed by atoms with Gasteiger partial charge in [-0.3, -0.25) is 9.69 Å². The molecule has 8 nitrogen and oxygen atoms in total. The van der Waals surface area contributed by atoms with Crippen molar-refractivity contribution in [2.24, 2.45) is 0 Å². The molecule has 0 aromatic carbocycles. The highest BCUT2D eigenvalue weighted by Crippen LogP contribution is 2.02. The molecular formula is C15H25N5O3. The summed E-state index contributed by atoms with van der Waals surface area (Å²) in [5, 5.41) is 5.99. The smallest absolute Gasteiger partial charge is 0.271 e. The molecule has 0 saturated carbocycles. The third-order valence-corrected chi connectivity index (χ3v) is 3.53. The van der Waals surface area contributed by atoms with E-state index in [4.69, 9.17) is 9.47 Å². The van der Waals surface area contributed by atoms with Crippen molar-refractivity contribution in [2.45, 2.75) is 6.42 Å². The highest BCUT2D eigenvalue weighted by Gasteiger charge is 2.10. The molecule has 0 radical (unpaired) electrons. The summed E-state index contributed by atoms with van der Waals surface area (Å²) in [6, 6.07) is 0. The topological polar surface area (TPSA) is 88.6 Å². The van der Waals surface area contributed by atoms with Gasteiger partial charge in [0.15, 0.2) is 0 Å². The van der Waals surface area contributed by atoms with Gasteiger partial charge in [-0.05, 0) is 6.42 Å². The summed E-state index contributed by atoms with van der Waals surface area (Å²) >= 11 is 0. The first-order valence-corrected chi connectivity index (χ1v) is 7.93. The van der Waals surface area contributed by atoms with E-state index in [0.29, 0.717) is 24.7 Å². The summed E-state index contributed by atoms with van der Waals surface area (Å²) in [7, 11) is 1.64. The largest absolute Gasteiger partial charge is 0.385 e. The van der Waals surface area contributed by atoms with E-state index in [1.165, 1.54) is 6.20 Å². The maximum absolute atomic E-state index is 11.8. The molecule has 0 aliphatic carbocycles. The lowest BCUT2D eigenvalue weighted by molar-refractivity contribution is 0.0398. The van der Waals surface area contributed by atoms with E-state index < -0.39 is 0 Å². The second kappa shape index (κ2) is 10.1. The third kappa shape index (κ3) is 6.47. The van der Waals surface area contributed by atoms with E-state index in [2.05, 4.69) is 25.5 Å². The fourth-order valence-corrected chi connectivity index (χ4v) is 2.21. The molecule has 2 heterocycles. The molecule has 23 heavy (non-hydrogen) atoms. The molecule has 1 aromatic heterocycles. The average molecular weight is 323 g/mol. The minimum atomic E-state index is -0.214. The standard InChI is InChI=1S/C15H25N5O3/c1-22-8-2-3-17-15(21)13-11-19-14(12-18-13)16-4-5-20-6-9-23-10-7-20/h11-12H,2-10H2,1H3,(H,16,19)(H,17,21). The highest BCUT2D eigenvalue weighted by atomic mass is 16.5. The van der Waals surface area contributed by atoms with Crippen LogP contribution in [0.15, 0.2) is 12.4 Å². The molecule has 0 atom stereocenters. The first-order chi connectivity index (χ1) is 11.3. The van der Waals surface area contributed by atoms with E-state index in [9.17, 15) is 4.79 Å². The van der Waals surface area contributed by atoms with Crippen LogP contribution in [0, 0.1) is 0 Å². The van der Waals surface area contributed by atoms with Gasteiger partial charge in [0.1, 0.15) is 11.5 Å². The van der Waals surface area contributed by atoms with Crippen molar-refractivity contribution in [1.29, 1.82) is 0 Å². The van der Waals surface area contributed by atoms with Crippen molar-refractivity contribution in [1.82, 2.24) is 20.2 Å². The van der Waals surface area contributed by atoms with Crippen LogP contribution in [0.2, 0.25) is 0 Å². The number of methoxy groups -OCH3 is 1. The second-order valence-electron chi connectivity index (χ2n) is 5.27. The Morgan fingerprint density at radius 1 is 1.30 bits per heavy atom. The Morgan fingerprint density at radius 2 is 2.13 bits per heavy atom. The predicted molar refractivity (Wildman–Crippen MR) is 86.6 cm³/mol. The summed E-state index contributed by atoms with van der Waals surface area (Å²) in [5.41, 5.74) is 0.321. The number of carbonyl (C=O) groups is 1. The summed E-state index contributed by atoms with van der Waals surface area (Å²) in [4.78, 5) is 22.6. The van der Waals surface area contributed by atoms with E-state index >= 15 is 0 Å². The predicted octanol–water partition coefficient (Wildman–Crippen LogP) is -0.0130. The molecule has 2 N–H and O–H groups in total. The number of nitrogens with zero attached hydrogens (tertiary/aromatic N) is 3. The Bertz CT molecular complexity index is 463. The number of carbonyl (C=O) groups excluding carboxylic acids is 1. The number of rotatable bonds is 9. The molecule has 1 saturated heterocycles. The molecule has 1 fully saturated rings. The number of nitrogens with one attached hydrogen (secondary N) is 2. The minimum absolute atomic E-state index is 0.214. The highest BCUT2D eigenvalue weighted by molar-refractivity contribution is 5.91. The third-order valence-electron chi connectivity index (χ3n) is 3.53. The van der Waals surface area contributed by atoms with Gasteiger partial charge in [0.2, 0.25) is 0 Å². The molecule has 2 rings (SSSR count). The van der Waals surface area contributed by atoms with Crippen molar-refractivity contribution in [3.63, 3.8) is 0 Å². The van der Waals surface area contributed by atoms with Crippen LogP contribution >= 0.6 is 0 Å². The fraction of sp³-hybridized carbons (Fsp3) is 0.667. The first-order valence-electron chi connectivity index (χ1n) is 7.93. The molecule has 0 bridgehead atoms. The summed E-state index contributed by atoms with van der Waals surface area (Å²) in [6.07, 6.45) is 3.85. The first kappa shape index (κ1) is 17.6. The van der Waals surface area contributed by atoms with E-state index in [1.54, 1.807) is 13.3 Å². The zero-order valence-corrected chi connectivity index (χ0v) is 13.6. The van der Waals surface area contributed by atoms with Crippen LogP contribution in [0.5, 0.6) is 0 Å². The van der Waals surface area contributed by atoms with Crippen molar-refractivity contribution in [2.75, 3.05) is 65.0 Å². The van der Waals surface area contributed by atoms with E-state index in [-0.39, 0.29) is 5.91 Å². The van der Waals surface area contributed by atoms with Crippen LogP contribution in [-0.4, -0.2) is 80.4 Å². The molecule has 8 heteroatoms. The number of hydrogen-bond donors (Lipinski definition) is 2. The quantitative estimate of drug-likeness (QED) is 0.618. The Balaban J connectivity index is 1.67. The summed E-state index contributed by atoms with van der Waals surface area (Å²) in [6.45, 7) is 6.45. The lowest BCUT2D eigenvalue weighted by Gasteiger charge is -2.26. The number of ether oxygens (including phenoxy) is 2. The number of hydrogen-bond acceptors (Lipinski definition) is 7. The maximum Gasteiger partial charge on any atom is 0.271 e. The number of morpholine rings is 1. The van der Waals surface area contributed by atoms with E-state index in [1.807, 2.05) is 0 Å². The van der Waals surface area contributed by atoms with Crippen LogP contribution in [-0.2, 0) is 9.47 Å². The molecule has 1 amide bonds. The molecule has 0 spiro atoms. The Hall–Kier alpha value is -1.77. The van der Waals surface area contributed by atoms with Crippen molar-refractivity contribution < 1.29 is 14.3 Å². The van der Waals surface area contributed by atoms with Crippen LogP contribution in [0.25, 0.3) is 0 Å².